The summed E-state index contributed by atoms with van der Waals surface area (Å²) in [7, 11) is 0. The van der Waals surface area contributed by atoms with Crippen LogP contribution in [0.1, 0.15) is 18.2 Å². The van der Waals surface area contributed by atoms with Crippen LogP contribution in [0.4, 0.5) is 5.69 Å². The fourth-order valence-electron chi connectivity index (χ4n) is 1.99. The molecule has 0 atom stereocenters. The van der Waals surface area contributed by atoms with E-state index in [1.165, 1.54) is 11.9 Å². The number of hydrogen-bond donors (Lipinski definition) is 1. The van der Waals surface area contributed by atoms with Crippen molar-refractivity contribution in [3.8, 4) is 11.6 Å². The highest BCUT2D eigenvalue weighted by atomic mass is 16.5. The lowest BCUT2D eigenvalue weighted by atomic mass is 10.1. The van der Waals surface area contributed by atoms with E-state index in [-0.39, 0.29) is 0 Å². The van der Waals surface area contributed by atoms with Crippen molar-refractivity contribution >= 4 is 11.5 Å². The van der Waals surface area contributed by atoms with Crippen molar-refractivity contribution in [2.24, 2.45) is 0 Å². The molecule has 0 unspecified atom stereocenters. The SMILES string of the molecule is CCc1ccc(Oc2cc(C)nc3ncnn23)c(N)c1. The van der Waals surface area contributed by atoms with E-state index in [4.69, 9.17) is 10.5 Å². The summed E-state index contributed by atoms with van der Waals surface area (Å²) in [4.78, 5) is 8.33. The summed E-state index contributed by atoms with van der Waals surface area (Å²) in [6.45, 7) is 3.96. The molecule has 0 saturated carbocycles. The quantitative estimate of drug-likeness (QED) is 0.738. The van der Waals surface area contributed by atoms with Crippen molar-refractivity contribution in [1.82, 2.24) is 19.6 Å². The first-order valence-electron chi connectivity index (χ1n) is 6.41. The topological polar surface area (TPSA) is 78.3 Å². The molecule has 0 radical (unpaired) electrons. The number of aromatic nitrogens is 4. The molecule has 2 heterocycles. The number of rotatable bonds is 3. The van der Waals surface area contributed by atoms with Gasteiger partial charge in [0.05, 0.1) is 5.69 Å². The molecule has 2 N–H and O–H groups in total. The molecule has 0 saturated heterocycles. The van der Waals surface area contributed by atoms with Gasteiger partial charge in [-0.15, -0.1) is 0 Å². The van der Waals surface area contributed by atoms with Gasteiger partial charge in [-0.05, 0) is 31.0 Å². The summed E-state index contributed by atoms with van der Waals surface area (Å²) in [6, 6.07) is 7.59. The highest BCUT2D eigenvalue weighted by Gasteiger charge is 2.09. The molecule has 0 aliphatic carbocycles. The molecule has 0 spiro atoms. The maximum Gasteiger partial charge on any atom is 0.255 e. The Morgan fingerprint density at radius 2 is 2.15 bits per heavy atom. The van der Waals surface area contributed by atoms with E-state index in [1.807, 2.05) is 25.1 Å². The minimum atomic E-state index is 0.503. The number of benzene rings is 1. The average molecular weight is 269 g/mol. The number of hydrogen-bond acceptors (Lipinski definition) is 5. The largest absolute Gasteiger partial charge is 0.437 e. The molecule has 3 aromatic rings. The molecule has 6 nitrogen and oxygen atoms in total. The van der Waals surface area contributed by atoms with Gasteiger partial charge in [0.15, 0.2) is 5.75 Å². The maximum absolute atomic E-state index is 6.02. The highest BCUT2D eigenvalue weighted by molar-refractivity contribution is 5.55. The molecule has 0 bridgehead atoms. The second kappa shape index (κ2) is 4.80. The van der Waals surface area contributed by atoms with Gasteiger partial charge in [-0.2, -0.15) is 14.6 Å². The van der Waals surface area contributed by atoms with Crippen LogP contribution in [0.5, 0.6) is 11.6 Å². The van der Waals surface area contributed by atoms with E-state index in [0.717, 1.165) is 12.1 Å². The second-order valence-corrected chi connectivity index (χ2v) is 4.54. The van der Waals surface area contributed by atoms with Gasteiger partial charge < -0.3 is 10.5 Å². The Balaban J connectivity index is 2.03. The van der Waals surface area contributed by atoms with Gasteiger partial charge in [0.25, 0.3) is 5.78 Å². The summed E-state index contributed by atoms with van der Waals surface area (Å²) < 4.78 is 7.40. The van der Waals surface area contributed by atoms with E-state index in [2.05, 4.69) is 22.0 Å². The van der Waals surface area contributed by atoms with Crippen LogP contribution in [0.2, 0.25) is 0 Å². The van der Waals surface area contributed by atoms with Crippen LogP contribution in [0.3, 0.4) is 0 Å². The van der Waals surface area contributed by atoms with Crippen LogP contribution in [-0.2, 0) is 6.42 Å². The smallest absolute Gasteiger partial charge is 0.255 e. The summed E-state index contributed by atoms with van der Waals surface area (Å²) in [5.74, 6) is 1.65. The first-order chi connectivity index (χ1) is 9.67. The fraction of sp³-hybridized carbons (Fsp3) is 0.214. The maximum atomic E-state index is 6.02. The molecule has 6 heteroatoms. The van der Waals surface area contributed by atoms with Gasteiger partial charge in [-0.1, -0.05) is 13.0 Å². The summed E-state index contributed by atoms with van der Waals surface area (Å²) in [5, 5.41) is 4.10. The van der Waals surface area contributed by atoms with Gasteiger partial charge >= 0.3 is 0 Å². The van der Waals surface area contributed by atoms with Crippen molar-refractivity contribution in [3.63, 3.8) is 0 Å². The number of fused-ring (bicyclic) bond motifs is 1. The zero-order valence-electron chi connectivity index (χ0n) is 11.4. The van der Waals surface area contributed by atoms with Gasteiger partial charge in [-0.3, -0.25) is 0 Å². The summed E-state index contributed by atoms with van der Waals surface area (Å²) >= 11 is 0. The molecular formula is C14H15N5O. The normalized spacial score (nSPS) is 10.9. The Morgan fingerprint density at radius 1 is 1.30 bits per heavy atom. The van der Waals surface area contributed by atoms with Gasteiger partial charge in [0.1, 0.15) is 6.33 Å². The predicted octanol–water partition coefficient (Wildman–Crippen LogP) is 2.37. The minimum Gasteiger partial charge on any atom is -0.437 e. The molecule has 0 fully saturated rings. The first-order valence-corrected chi connectivity index (χ1v) is 6.41. The van der Waals surface area contributed by atoms with Crippen LogP contribution in [0, 0.1) is 6.92 Å². The van der Waals surface area contributed by atoms with Crippen molar-refractivity contribution in [2.75, 3.05) is 5.73 Å². The summed E-state index contributed by atoms with van der Waals surface area (Å²) in [6.07, 6.45) is 2.38. The van der Waals surface area contributed by atoms with E-state index < -0.39 is 0 Å². The molecule has 0 aliphatic rings. The molecule has 0 amide bonds. The molecule has 0 aliphatic heterocycles. The number of nitrogens with two attached hydrogens (primary N) is 1. The Hall–Kier alpha value is -2.63. The Bertz CT molecular complexity index is 765. The Kier molecular flexibility index (Phi) is 2.98. The third-order valence-corrected chi connectivity index (χ3v) is 3.04. The van der Waals surface area contributed by atoms with Crippen molar-refractivity contribution < 1.29 is 4.74 Å². The third kappa shape index (κ3) is 2.16. The number of nitrogen functional groups attached to an aromatic ring is 1. The fourth-order valence-corrected chi connectivity index (χ4v) is 1.99. The lowest BCUT2D eigenvalue weighted by Gasteiger charge is -2.10. The number of ether oxygens (including phenoxy) is 1. The highest BCUT2D eigenvalue weighted by Crippen LogP contribution is 2.28. The van der Waals surface area contributed by atoms with Crippen molar-refractivity contribution in [1.29, 1.82) is 0 Å². The second-order valence-electron chi connectivity index (χ2n) is 4.54. The Labute approximate surface area is 116 Å². The van der Waals surface area contributed by atoms with Crippen LogP contribution >= 0.6 is 0 Å². The number of nitrogens with zero attached hydrogens (tertiary/aromatic N) is 4. The van der Waals surface area contributed by atoms with Crippen molar-refractivity contribution in [3.05, 3.63) is 41.9 Å². The van der Waals surface area contributed by atoms with Crippen LogP contribution < -0.4 is 10.5 Å². The van der Waals surface area contributed by atoms with Crippen LogP contribution in [-0.4, -0.2) is 19.6 Å². The lowest BCUT2D eigenvalue weighted by molar-refractivity contribution is 0.447. The average Bonchev–Trinajstić information content (AvgIpc) is 2.89. The predicted molar refractivity (Wildman–Crippen MR) is 75.8 cm³/mol. The summed E-state index contributed by atoms with van der Waals surface area (Å²) in [5.41, 5.74) is 8.60. The minimum absolute atomic E-state index is 0.503. The number of anilines is 1. The molecule has 2 aromatic heterocycles. The molecule has 1 aromatic carbocycles. The van der Waals surface area contributed by atoms with Crippen molar-refractivity contribution in [2.45, 2.75) is 20.3 Å². The van der Waals surface area contributed by atoms with E-state index in [0.29, 0.717) is 23.1 Å². The third-order valence-electron chi connectivity index (χ3n) is 3.04. The standard InChI is InChI=1S/C14H15N5O/c1-3-10-4-5-12(11(15)7-10)20-13-6-9(2)18-14-16-8-17-19(13)14/h4-8H,3,15H2,1-2H3. The zero-order chi connectivity index (χ0) is 14.1. The van der Waals surface area contributed by atoms with Gasteiger partial charge in [0.2, 0.25) is 5.88 Å². The lowest BCUT2D eigenvalue weighted by Crippen LogP contribution is -2.01. The zero-order valence-corrected chi connectivity index (χ0v) is 11.4. The molecular weight excluding hydrogens is 254 g/mol. The molecule has 3 rings (SSSR count). The van der Waals surface area contributed by atoms with Gasteiger partial charge in [-0.25, -0.2) is 4.98 Å². The first kappa shape index (κ1) is 12.4. The molecule has 102 valence electrons. The Morgan fingerprint density at radius 3 is 2.90 bits per heavy atom. The van der Waals surface area contributed by atoms with Gasteiger partial charge in [0, 0.05) is 11.8 Å². The number of aryl methyl sites for hydroxylation is 2. The van der Waals surface area contributed by atoms with Crippen LogP contribution in [0.25, 0.3) is 5.78 Å². The molecule has 20 heavy (non-hydrogen) atoms. The van der Waals surface area contributed by atoms with E-state index >= 15 is 0 Å². The van der Waals surface area contributed by atoms with E-state index in [9.17, 15) is 0 Å². The monoisotopic (exact) mass is 269 g/mol. The van der Waals surface area contributed by atoms with E-state index in [1.54, 1.807) is 10.6 Å². The van der Waals surface area contributed by atoms with Crippen LogP contribution in [0.15, 0.2) is 30.6 Å².